The fraction of sp³-hybridized carbons (Fsp3) is 0.806. The topological polar surface area (TPSA) is 242 Å². The minimum Gasteiger partial charge on any atom is -0.368 e. The summed E-state index contributed by atoms with van der Waals surface area (Å²) in [4.78, 5) is 84.1. The lowest BCUT2D eigenvalue weighted by molar-refractivity contribution is -0.129. The zero-order chi connectivity index (χ0) is 38.7. The Morgan fingerprint density at radius 3 is 1.70 bits per heavy atom. The molecule has 0 aliphatic carbocycles. The predicted molar refractivity (Wildman–Crippen MR) is 210 cm³/mol. The standard InChI is InChI=1S/C36H61N9O7S2/c37-33(49)23(11-5-7-18-39-29(47)15-3-1-13-27-31-25(21-53-27)42-35(51)44-31)41-34(50)24(38-17-9-10-20-46)12-6-8-19-40-30(48)16-4-2-14-28-32-26(22-54-28)43-36(52)45-32/h20,23-28,31-32,38H,1-19,21-22H2,(H2,37,49)(H,39,47)(H,40,48)(H,41,50)(H2,42,44,51)(H2,43,45,52). The number of aldehydes is 1. The summed E-state index contributed by atoms with van der Waals surface area (Å²) in [5, 5.41) is 24.5. The first-order valence-corrected chi connectivity index (χ1v) is 21.9. The van der Waals surface area contributed by atoms with Gasteiger partial charge in [-0.3, -0.25) is 19.2 Å². The molecule has 0 aromatic rings. The van der Waals surface area contributed by atoms with Crippen molar-refractivity contribution in [3.8, 4) is 0 Å². The minimum absolute atomic E-state index is 0.0000250. The maximum Gasteiger partial charge on any atom is 0.315 e. The molecule has 10 N–H and O–H groups in total. The van der Waals surface area contributed by atoms with Crippen LogP contribution in [0.4, 0.5) is 9.59 Å². The smallest absolute Gasteiger partial charge is 0.315 e. The molecule has 8 amide bonds. The minimum atomic E-state index is -0.845. The second-order valence-electron chi connectivity index (χ2n) is 14.7. The highest BCUT2D eigenvalue weighted by Crippen LogP contribution is 2.34. The van der Waals surface area contributed by atoms with Crippen molar-refractivity contribution in [2.45, 2.75) is 149 Å². The molecule has 16 nitrogen and oxygen atoms in total. The molecule has 304 valence electrons. The second-order valence-corrected chi connectivity index (χ2v) is 17.3. The third-order valence-corrected chi connectivity index (χ3v) is 13.5. The third kappa shape index (κ3) is 14.8. The summed E-state index contributed by atoms with van der Waals surface area (Å²) in [6, 6.07) is -0.855. The number of carbonyl (C=O) groups excluding carboxylic acids is 7. The van der Waals surface area contributed by atoms with Crippen LogP contribution in [0, 0.1) is 0 Å². The molecule has 0 spiro atoms. The Morgan fingerprint density at radius 2 is 1.20 bits per heavy atom. The van der Waals surface area contributed by atoms with Gasteiger partial charge in [-0.15, -0.1) is 0 Å². The Kier molecular flexibility index (Phi) is 19.0. The van der Waals surface area contributed by atoms with E-state index in [0.29, 0.717) is 94.3 Å². The lowest BCUT2D eigenvalue weighted by Gasteiger charge is -2.22. The Labute approximate surface area is 327 Å². The highest BCUT2D eigenvalue weighted by molar-refractivity contribution is 8.00. The first kappa shape index (κ1) is 43.5. The summed E-state index contributed by atoms with van der Waals surface area (Å²) in [6.45, 7) is 1.43. The van der Waals surface area contributed by atoms with Crippen LogP contribution in [-0.2, 0) is 24.0 Å². The number of nitrogens with one attached hydrogen (secondary N) is 8. The molecule has 0 bridgehead atoms. The van der Waals surface area contributed by atoms with Crippen LogP contribution in [0.15, 0.2) is 0 Å². The third-order valence-electron chi connectivity index (χ3n) is 10.5. The second kappa shape index (κ2) is 23.6. The lowest BCUT2D eigenvalue weighted by atomic mass is 10.0. The number of nitrogens with two attached hydrogens (primary N) is 1. The summed E-state index contributed by atoms with van der Waals surface area (Å²) < 4.78 is 0. The van der Waals surface area contributed by atoms with Crippen LogP contribution >= 0.6 is 23.5 Å². The quantitative estimate of drug-likeness (QED) is 0.0308. The number of primary amides is 1. The number of urea groups is 2. The van der Waals surface area contributed by atoms with Crippen molar-refractivity contribution in [1.29, 1.82) is 0 Å². The Hall–Kier alpha value is -3.25. The number of rotatable bonds is 28. The first-order chi connectivity index (χ1) is 26.1. The summed E-state index contributed by atoms with van der Waals surface area (Å²) in [6.07, 6.45) is 11.4. The van der Waals surface area contributed by atoms with Gasteiger partial charge in [0, 0.05) is 54.4 Å². The molecule has 0 aromatic carbocycles. The molecular formula is C36H61N9O7S2. The van der Waals surface area contributed by atoms with Crippen molar-refractivity contribution >= 4 is 65.5 Å². The van der Waals surface area contributed by atoms with Crippen LogP contribution in [0.25, 0.3) is 0 Å². The van der Waals surface area contributed by atoms with Crippen LogP contribution in [0.1, 0.15) is 103 Å². The number of thioether (sulfide) groups is 2. The van der Waals surface area contributed by atoms with Gasteiger partial charge in [0.15, 0.2) is 0 Å². The van der Waals surface area contributed by atoms with E-state index in [1.807, 2.05) is 23.5 Å². The molecule has 54 heavy (non-hydrogen) atoms. The van der Waals surface area contributed by atoms with Crippen molar-refractivity contribution in [3.05, 3.63) is 0 Å². The van der Waals surface area contributed by atoms with Crippen molar-refractivity contribution in [2.24, 2.45) is 5.73 Å². The lowest BCUT2D eigenvalue weighted by Crippen LogP contribution is -2.52. The average molecular weight is 796 g/mol. The molecule has 18 heteroatoms. The summed E-state index contributed by atoms with van der Waals surface area (Å²) in [5.74, 6) is 0.870. The van der Waals surface area contributed by atoms with Gasteiger partial charge in [0.2, 0.25) is 23.6 Å². The van der Waals surface area contributed by atoms with E-state index >= 15 is 0 Å². The summed E-state index contributed by atoms with van der Waals surface area (Å²) in [5.41, 5.74) is 5.64. The number of amides is 8. The highest BCUT2D eigenvalue weighted by Gasteiger charge is 2.43. The normalized spacial score (nSPS) is 25.0. The fourth-order valence-corrected chi connectivity index (χ4v) is 10.6. The molecule has 8 unspecified atom stereocenters. The van der Waals surface area contributed by atoms with Crippen LogP contribution < -0.4 is 48.3 Å². The zero-order valence-electron chi connectivity index (χ0n) is 31.3. The molecule has 0 radical (unpaired) electrons. The van der Waals surface area contributed by atoms with E-state index in [2.05, 4.69) is 42.5 Å². The molecule has 4 rings (SSSR count). The van der Waals surface area contributed by atoms with Gasteiger partial charge in [0.1, 0.15) is 12.3 Å². The van der Waals surface area contributed by atoms with E-state index in [-0.39, 0.29) is 54.0 Å². The van der Waals surface area contributed by atoms with E-state index in [9.17, 15) is 33.6 Å². The van der Waals surface area contributed by atoms with Gasteiger partial charge in [-0.1, -0.05) is 12.8 Å². The monoisotopic (exact) mass is 795 g/mol. The average Bonchev–Trinajstić information content (AvgIpc) is 3.90. The highest BCUT2D eigenvalue weighted by atomic mass is 32.2. The Balaban J connectivity index is 1.04. The number of hydrogen-bond acceptors (Lipinski definition) is 10. The molecule has 4 aliphatic heterocycles. The number of unbranched alkanes of at least 4 members (excludes halogenated alkanes) is 5. The molecule has 4 fully saturated rings. The van der Waals surface area contributed by atoms with Crippen LogP contribution in [0.5, 0.6) is 0 Å². The maximum absolute atomic E-state index is 13.2. The van der Waals surface area contributed by atoms with Gasteiger partial charge in [-0.05, 0) is 77.2 Å². The zero-order valence-corrected chi connectivity index (χ0v) is 32.9. The van der Waals surface area contributed by atoms with Gasteiger partial charge in [0.05, 0.1) is 30.2 Å². The molecular weight excluding hydrogens is 735 g/mol. The summed E-state index contributed by atoms with van der Waals surface area (Å²) >= 11 is 3.74. The Bertz CT molecular complexity index is 1280. The SMILES string of the molecule is NC(=O)C(CCCCNC(=O)CCCCC1SCC2NC(=O)NC21)NC(=O)C(CCCCNC(=O)CCCCC1SCC2NC(=O)NC21)NCCCC=O. The molecule has 0 aromatic heterocycles. The predicted octanol–water partition coefficient (Wildman–Crippen LogP) is 0.918. The molecule has 4 saturated heterocycles. The number of fused-ring (bicyclic) bond motifs is 2. The number of carbonyl (C=O) groups is 7. The van der Waals surface area contributed by atoms with Gasteiger partial charge in [-0.25, -0.2) is 9.59 Å². The van der Waals surface area contributed by atoms with Crippen molar-refractivity contribution in [3.63, 3.8) is 0 Å². The molecule has 4 aliphatic rings. The number of hydrogen-bond donors (Lipinski definition) is 9. The fourth-order valence-electron chi connectivity index (χ4n) is 7.47. The maximum atomic E-state index is 13.2. The van der Waals surface area contributed by atoms with Crippen LogP contribution in [-0.4, -0.2) is 120 Å². The van der Waals surface area contributed by atoms with Crippen LogP contribution in [0.3, 0.4) is 0 Å². The first-order valence-electron chi connectivity index (χ1n) is 19.8. The van der Waals surface area contributed by atoms with E-state index in [1.54, 1.807) is 0 Å². The largest absolute Gasteiger partial charge is 0.368 e. The van der Waals surface area contributed by atoms with Gasteiger partial charge < -0.3 is 53.1 Å². The molecule has 0 saturated carbocycles. The van der Waals surface area contributed by atoms with Gasteiger partial charge in [-0.2, -0.15) is 23.5 Å². The Morgan fingerprint density at radius 1 is 0.685 bits per heavy atom. The van der Waals surface area contributed by atoms with Gasteiger partial charge >= 0.3 is 12.1 Å². The van der Waals surface area contributed by atoms with E-state index < -0.39 is 18.0 Å². The van der Waals surface area contributed by atoms with Crippen molar-refractivity contribution in [1.82, 2.24) is 42.5 Å². The van der Waals surface area contributed by atoms with Crippen molar-refractivity contribution in [2.75, 3.05) is 31.1 Å². The van der Waals surface area contributed by atoms with E-state index in [4.69, 9.17) is 5.73 Å². The summed E-state index contributed by atoms with van der Waals surface area (Å²) in [7, 11) is 0. The van der Waals surface area contributed by atoms with Crippen molar-refractivity contribution < 1.29 is 33.6 Å². The molecule has 8 atom stereocenters. The van der Waals surface area contributed by atoms with E-state index in [0.717, 1.165) is 56.3 Å². The van der Waals surface area contributed by atoms with Gasteiger partial charge in [0.25, 0.3) is 0 Å². The molecule has 4 heterocycles. The van der Waals surface area contributed by atoms with E-state index in [1.165, 1.54) is 0 Å². The van der Waals surface area contributed by atoms with Crippen LogP contribution in [0.2, 0.25) is 0 Å².